The van der Waals surface area contributed by atoms with E-state index in [2.05, 4.69) is 32.7 Å². The highest BCUT2D eigenvalue weighted by Crippen LogP contribution is 2.23. The minimum absolute atomic E-state index is 0.302. The number of hydrogen-bond donors (Lipinski definition) is 2. The van der Waals surface area contributed by atoms with Gasteiger partial charge in [-0.15, -0.1) is 11.3 Å². The molecule has 5 nitrogen and oxygen atoms in total. The average Bonchev–Trinajstić information content (AvgIpc) is 3.24. The van der Waals surface area contributed by atoms with Crippen molar-refractivity contribution >= 4 is 34.0 Å². The summed E-state index contributed by atoms with van der Waals surface area (Å²) in [4.78, 5) is 20.2. The number of carboxylic acids is 1. The highest BCUT2D eigenvalue weighted by atomic mass is 32.1. The van der Waals surface area contributed by atoms with Crippen molar-refractivity contribution in [3.63, 3.8) is 0 Å². The van der Waals surface area contributed by atoms with Gasteiger partial charge in [0.15, 0.2) is 0 Å². The van der Waals surface area contributed by atoms with Gasteiger partial charge in [-0.3, -0.25) is 0 Å². The summed E-state index contributed by atoms with van der Waals surface area (Å²) in [6.07, 6.45) is 3.47. The molecule has 0 unspecified atom stereocenters. The largest absolute Gasteiger partial charge is 0.478 e. The molecule has 0 radical (unpaired) electrons. The molecule has 0 spiro atoms. The number of benzene rings is 1. The number of para-hydroxylation sites is 1. The average molecular weight is 396 g/mol. The van der Waals surface area contributed by atoms with Crippen molar-refractivity contribution in [2.75, 3.05) is 31.5 Å². The smallest absolute Gasteiger partial charge is 0.336 e. The van der Waals surface area contributed by atoms with Gasteiger partial charge in [-0.25, -0.2) is 9.78 Å². The van der Waals surface area contributed by atoms with Crippen molar-refractivity contribution in [2.24, 2.45) is 5.92 Å². The van der Waals surface area contributed by atoms with Gasteiger partial charge >= 0.3 is 5.97 Å². The van der Waals surface area contributed by atoms with E-state index < -0.39 is 5.97 Å². The zero-order chi connectivity index (χ0) is 19.3. The van der Waals surface area contributed by atoms with Gasteiger partial charge in [0.25, 0.3) is 0 Å². The van der Waals surface area contributed by atoms with E-state index in [1.807, 2.05) is 35.6 Å². The number of piperidine rings is 1. The maximum absolute atomic E-state index is 11.6. The van der Waals surface area contributed by atoms with Gasteiger partial charge in [0.2, 0.25) is 0 Å². The molecule has 1 aromatic carbocycles. The molecule has 0 saturated carbocycles. The molecule has 3 aromatic rings. The first-order valence-electron chi connectivity index (χ1n) is 9.81. The lowest BCUT2D eigenvalue weighted by Gasteiger charge is -2.32. The summed E-state index contributed by atoms with van der Waals surface area (Å²) in [6, 6.07) is 13.4. The Morgan fingerprint density at radius 3 is 2.79 bits per heavy atom. The molecule has 2 aromatic heterocycles. The second-order valence-electron chi connectivity index (χ2n) is 7.37. The SMILES string of the molecule is O=C(O)c1cc(NCC2CCN(CCc3cccs3)CC2)nc2ccccc12. The highest BCUT2D eigenvalue weighted by Gasteiger charge is 2.19. The number of thiophene rings is 1. The second-order valence-corrected chi connectivity index (χ2v) is 8.40. The van der Waals surface area contributed by atoms with Crippen LogP contribution in [-0.2, 0) is 6.42 Å². The van der Waals surface area contributed by atoms with E-state index >= 15 is 0 Å². The predicted molar refractivity (Wildman–Crippen MR) is 114 cm³/mol. The molecule has 3 heterocycles. The van der Waals surface area contributed by atoms with Gasteiger partial charge in [0, 0.05) is 23.4 Å². The van der Waals surface area contributed by atoms with Crippen LogP contribution in [0.1, 0.15) is 28.1 Å². The lowest BCUT2D eigenvalue weighted by molar-refractivity contribution is 0.0699. The Morgan fingerprint density at radius 2 is 2.04 bits per heavy atom. The predicted octanol–water partition coefficient (Wildman–Crippen LogP) is 4.36. The monoisotopic (exact) mass is 395 g/mol. The van der Waals surface area contributed by atoms with Crippen LogP contribution in [0.15, 0.2) is 47.8 Å². The van der Waals surface area contributed by atoms with Crippen molar-refractivity contribution in [2.45, 2.75) is 19.3 Å². The minimum atomic E-state index is -0.916. The molecule has 1 aliphatic heterocycles. The third kappa shape index (κ3) is 4.51. The first-order valence-corrected chi connectivity index (χ1v) is 10.7. The highest BCUT2D eigenvalue weighted by molar-refractivity contribution is 7.09. The van der Waals surface area contributed by atoms with Crippen LogP contribution in [-0.4, -0.2) is 47.1 Å². The summed E-state index contributed by atoms with van der Waals surface area (Å²) < 4.78 is 0. The number of hydrogen-bond acceptors (Lipinski definition) is 5. The second kappa shape index (κ2) is 8.71. The molecule has 0 aliphatic carbocycles. The normalized spacial score (nSPS) is 15.7. The van der Waals surface area contributed by atoms with Crippen LogP contribution in [0, 0.1) is 5.92 Å². The number of fused-ring (bicyclic) bond motifs is 1. The summed E-state index contributed by atoms with van der Waals surface area (Å²) in [5.74, 6) is 0.330. The molecule has 6 heteroatoms. The Kier molecular flexibility index (Phi) is 5.88. The number of pyridine rings is 1. The van der Waals surface area contributed by atoms with E-state index in [0.29, 0.717) is 28.2 Å². The van der Waals surface area contributed by atoms with Crippen molar-refractivity contribution in [3.8, 4) is 0 Å². The minimum Gasteiger partial charge on any atom is -0.478 e. The summed E-state index contributed by atoms with van der Waals surface area (Å²) in [5.41, 5.74) is 1.02. The first kappa shape index (κ1) is 18.9. The van der Waals surface area contributed by atoms with E-state index in [-0.39, 0.29) is 0 Å². The molecule has 0 amide bonds. The van der Waals surface area contributed by atoms with Crippen molar-refractivity contribution in [3.05, 3.63) is 58.3 Å². The van der Waals surface area contributed by atoms with E-state index in [1.165, 1.54) is 4.88 Å². The van der Waals surface area contributed by atoms with Crippen LogP contribution < -0.4 is 5.32 Å². The number of anilines is 1. The Bertz CT molecular complexity index is 934. The number of nitrogens with one attached hydrogen (secondary N) is 1. The topological polar surface area (TPSA) is 65.5 Å². The summed E-state index contributed by atoms with van der Waals surface area (Å²) in [5, 5.41) is 15.7. The van der Waals surface area contributed by atoms with Crippen LogP contribution >= 0.6 is 11.3 Å². The summed E-state index contributed by atoms with van der Waals surface area (Å²) in [7, 11) is 0. The van der Waals surface area contributed by atoms with E-state index in [0.717, 1.165) is 45.4 Å². The molecule has 1 saturated heterocycles. The number of likely N-dealkylation sites (tertiary alicyclic amines) is 1. The Balaban J connectivity index is 1.31. The van der Waals surface area contributed by atoms with Crippen LogP contribution in [0.4, 0.5) is 5.82 Å². The molecule has 2 N–H and O–H groups in total. The van der Waals surface area contributed by atoms with Gasteiger partial charge in [0.1, 0.15) is 5.82 Å². The molecule has 146 valence electrons. The number of aromatic carboxylic acids is 1. The van der Waals surface area contributed by atoms with Crippen molar-refractivity contribution in [1.82, 2.24) is 9.88 Å². The summed E-state index contributed by atoms with van der Waals surface area (Å²) >= 11 is 1.84. The zero-order valence-corrected chi connectivity index (χ0v) is 16.6. The zero-order valence-electron chi connectivity index (χ0n) is 15.8. The van der Waals surface area contributed by atoms with Crippen LogP contribution in [0.5, 0.6) is 0 Å². The van der Waals surface area contributed by atoms with E-state index in [1.54, 1.807) is 6.07 Å². The lowest BCUT2D eigenvalue weighted by atomic mass is 9.96. The number of nitrogens with zero attached hydrogens (tertiary/aromatic N) is 2. The molecular formula is C22H25N3O2S. The van der Waals surface area contributed by atoms with E-state index in [9.17, 15) is 9.90 Å². The van der Waals surface area contributed by atoms with Gasteiger partial charge in [-0.1, -0.05) is 24.3 Å². The number of carbonyl (C=O) groups is 1. The molecule has 1 aliphatic rings. The fraction of sp³-hybridized carbons (Fsp3) is 0.364. The van der Waals surface area contributed by atoms with Gasteiger partial charge < -0.3 is 15.3 Å². The molecule has 1 fully saturated rings. The third-order valence-corrected chi connectivity index (χ3v) is 6.42. The molecule has 0 atom stereocenters. The van der Waals surface area contributed by atoms with Gasteiger partial charge in [-0.05, 0) is 61.8 Å². The van der Waals surface area contributed by atoms with Crippen molar-refractivity contribution < 1.29 is 9.90 Å². The molecule has 0 bridgehead atoms. The maximum atomic E-state index is 11.6. The van der Waals surface area contributed by atoms with Crippen LogP contribution in [0.25, 0.3) is 10.9 Å². The third-order valence-electron chi connectivity index (χ3n) is 5.48. The van der Waals surface area contributed by atoms with Crippen LogP contribution in [0.3, 0.4) is 0 Å². The Labute approximate surface area is 169 Å². The number of rotatable bonds is 7. The Morgan fingerprint density at radius 1 is 1.21 bits per heavy atom. The lowest BCUT2D eigenvalue weighted by Crippen LogP contribution is -2.37. The first-order chi connectivity index (χ1) is 13.7. The van der Waals surface area contributed by atoms with Gasteiger partial charge in [0.05, 0.1) is 11.1 Å². The molecule has 28 heavy (non-hydrogen) atoms. The van der Waals surface area contributed by atoms with E-state index in [4.69, 9.17) is 0 Å². The maximum Gasteiger partial charge on any atom is 0.336 e. The standard InChI is InChI=1S/C22H25N3O2S/c26-22(27)19-14-21(24-20-6-2-1-5-18(19)20)23-15-16-7-10-25(11-8-16)12-9-17-4-3-13-28-17/h1-6,13-14,16H,7-12,15H2,(H,23,24)(H,26,27). The quantitative estimate of drug-likeness (QED) is 0.622. The van der Waals surface area contributed by atoms with Gasteiger partial charge in [-0.2, -0.15) is 0 Å². The summed E-state index contributed by atoms with van der Waals surface area (Å²) in [6.45, 7) is 4.23. The van der Waals surface area contributed by atoms with Crippen molar-refractivity contribution in [1.29, 1.82) is 0 Å². The fourth-order valence-corrected chi connectivity index (χ4v) is 4.53. The Hall–Kier alpha value is -2.44. The number of carboxylic acid groups (broad SMARTS) is 1. The molecular weight excluding hydrogens is 370 g/mol. The van der Waals surface area contributed by atoms with Crippen LogP contribution in [0.2, 0.25) is 0 Å². The molecule has 4 rings (SSSR count). The number of aromatic nitrogens is 1. The fourth-order valence-electron chi connectivity index (χ4n) is 3.83.